The predicted octanol–water partition coefficient (Wildman–Crippen LogP) is 4.09. The van der Waals surface area contributed by atoms with E-state index >= 15 is 0 Å². The van der Waals surface area contributed by atoms with Gasteiger partial charge in [0.1, 0.15) is 0 Å². The molecule has 2 nitrogen and oxygen atoms in total. The molecule has 0 aliphatic rings. The third kappa shape index (κ3) is 5.72. The summed E-state index contributed by atoms with van der Waals surface area (Å²) in [4.78, 5) is 0. The van der Waals surface area contributed by atoms with Gasteiger partial charge in [0.2, 0.25) is 0 Å². The molecule has 112 valence electrons. The van der Waals surface area contributed by atoms with Gasteiger partial charge in [-0.3, -0.25) is 0 Å². The zero-order chi connectivity index (χ0) is 15.7. The molecular formula is C18H28O2. The van der Waals surface area contributed by atoms with Crippen molar-refractivity contribution in [1.29, 1.82) is 0 Å². The Morgan fingerprint density at radius 2 is 1.65 bits per heavy atom. The first-order valence-electron chi connectivity index (χ1n) is 6.92. The molecule has 0 saturated carbocycles. The van der Waals surface area contributed by atoms with E-state index in [0.717, 1.165) is 27.9 Å². The van der Waals surface area contributed by atoms with Crippen LogP contribution in [0.3, 0.4) is 0 Å². The van der Waals surface area contributed by atoms with Gasteiger partial charge in [-0.15, -0.1) is 13.2 Å². The summed E-state index contributed by atoms with van der Waals surface area (Å²) in [7, 11) is 0. The Morgan fingerprint density at radius 1 is 1.10 bits per heavy atom. The van der Waals surface area contributed by atoms with Gasteiger partial charge in [-0.1, -0.05) is 29.9 Å². The van der Waals surface area contributed by atoms with Crippen molar-refractivity contribution < 1.29 is 10.2 Å². The van der Waals surface area contributed by atoms with Crippen molar-refractivity contribution in [2.75, 3.05) is 6.61 Å². The van der Waals surface area contributed by atoms with Crippen molar-refractivity contribution >= 4 is 0 Å². The molecule has 0 fully saturated rings. The van der Waals surface area contributed by atoms with Crippen molar-refractivity contribution in [2.45, 2.75) is 46.1 Å². The number of hydrogen-bond donors (Lipinski definition) is 2. The lowest BCUT2D eigenvalue weighted by Crippen LogP contribution is -2.15. The first kappa shape index (κ1) is 18.6. The van der Waals surface area contributed by atoms with Crippen LogP contribution in [0.5, 0.6) is 0 Å². The largest absolute Gasteiger partial charge is 0.392 e. The molecule has 0 rings (SSSR count). The van der Waals surface area contributed by atoms with Gasteiger partial charge in [-0.25, -0.2) is 0 Å². The topological polar surface area (TPSA) is 40.5 Å². The fourth-order valence-electron chi connectivity index (χ4n) is 2.26. The lowest BCUT2D eigenvalue weighted by molar-refractivity contribution is 0.204. The van der Waals surface area contributed by atoms with Crippen LogP contribution in [0.1, 0.15) is 40.0 Å². The van der Waals surface area contributed by atoms with Gasteiger partial charge in [0.25, 0.3) is 0 Å². The number of aliphatic hydroxyl groups excluding tert-OH is 2. The second-order valence-electron chi connectivity index (χ2n) is 5.25. The van der Waals surface area contributed by atoms with Crippen molar-refractivity contribution in [3.8, 4) is 0 Å². The van der Waals surface area contributed by atoms with Crippen LogP contribution in [0, 0.1) is 0 Å². The van der Waals surface area contributed by atoms with E-state index in [9.17, 15) is 10.2 Å². The molecule has 20 heavy (non-hydrogen) atoms. The van der Waals surface area contributed by atoms with E-state index in [4.69, 9.17) is 0 Å². The summed E-state index contributed by atoms with van der Waals surface area (Å²) in [6, 6.07) is 0. The highest BCUT2D eigenvalue weighted by Crippen LogP contribution is 2.26. The molecule has 0 spiro atoms. The molecule has 1 atom stereocenters. The summed E-state index contributed by atoms with van der Waals surface area (Å²) in [6.07, 6.45) is 4.52. The number of aliphatic hydroxyl groups is 2. The van der Waals surface area contributed by atoms with E-state index in [2.05, 4.69) is 19.7 Å². The smallest absolute Gasteiger partial charge is 0.0797 e. The van der Waals surface area contributed by atoms with E-state index in [1.54, 1.807) is 12.2 Å². The maximum absolute atomic E-state index is 10.5. The van der Waals surface area contributed by atoms with Gasteiger partial charge < -0.3 is 10.2 Å². The minimum Gasteiger partial charge on any atom is -0.392 e. The Bertz CT molecular complexity index is 421. The predicted molar refractivity (Wildman–Crippen MR) is 87.6 cm³/mol. The van der Waals surface area contributed by atoms with Crippen LogP contribution >= 0.6 is 0 Å². The first-order valence-corrected chi connectivity index (χ1v) is 6.92. The van der Waals surface area contributed by atoms with E-state index in [0.29, 0.717) is 19.3 Å². The van der Waals surface area contributed by atoms with Crippen LogP contribution in [-0.4, -0.2) is 22.9 Å². The molecule has 1 unspecified atom stereocenters. The number of allylic oxidation sites excluding steroid dienone is 4. The van der Waals surface area contributed by atoms with Crippen LogP contribution < -0.4 is 0 Å². The summed E-state index contributed by atoms with van der Waals surface area (Å²) < 4.78 is 0. The normalized spacial score (nSPS) is 13.2. The molecule has 0 aromatic rings. The lowest BCUT2D eigenvalue weighted by atomic mass is 9.90. The van der Waals surface area contributed by atoms with Crippen molar-refractivity contribution in [3.63, 3.8) is 0 Å². The first-order chi connectivity index (χ1) is 9.38. The van der Waals surface area contributed by atoms with E-state index in [1.165, 1.54) is 0 Å². The molecule has 0 bridgehead atoms. The molecule has 0 aliphatic heterocycles. The third-order valence-electron chi connectivity index (χ3n) is 3.32. The molecule has 0 saturated heterocycles. The van der Waals surface area contributed by atoms with Gasteiger partial charge in [-0.2, -0.15) is 0 Å². The van der Waals surface area contributed by atoms with Crippen LogP contribution in [0.4, 0.5) is 0 Å². The second-order valence-corrected chi connectivity index (χ2v) is 5.25. The number of hydrogen-bond acceptors (Lipinski definition) is 2. The molecule has 2 heteroatoms. The summed E-state index contributed by atoms with van der Waals surface area (Å²) in [5.41, 5.74) is 4.86. The minimum atomic E-state index is -0.628. The maximum Gasteiger partial charge on any atom is 0.0797 e. The Labute approximate surface area is 123 Å². The van der Waals surface area contributed by atoms with Crippen LogP contribution in [0.15, 0.2) is 59.8 Å². The van der Waals surface area contributed by atoms with Crippen molar-refractivity contribution in [2.24, 2.45) is 0 Å². The molecule has 0 radical (unpaired) electrons. The molecule has 0 amide bonds. The summed E-state index contributed by atoms with van der Waals surface area (Å²) >= 11 is 0. The highest BCUT2D eigenvalue weighted by Gasteiger charge is 2.17. The van der Waals surface area contributed by atoms with Crippen molar-refractivity contribution in [3.05, 3.63) is 59.8 Å². The van der Waals surface area contributed by atoms with Crippen LogP contribution in [0.2, 0.25) is 0 Å². The monoisotopic (exact) mass is 276 g/mol. The zero-order valence-electron chi connectivity index (χ0n) is 13.1. The van der Waals surface area contributed by atoms with E-state index < -0.39 is 6.10 Å². The molecule has 0 aromatic heterocycles. The van der Waals surface area contributed by atoms with Crippen LogP contribution in [-0.2, 0) is 0 Å². The number of rotatable bonds is 9. The Hall–Kier alpha value is -1.38. The average molecular weight is 276 g/mol. The van der Waals surface area contributed by atoms with Gasteiger partial charge in [0.15, 0.2) is 0 Å². The van der Waals surface area contributed by atoms with Gasteiger partial charge in [-0.05, 0) is 50.3 Å². The van der Waals surface area contributed by atoms with Crippen molar-refractivity contribution in [1.82, 2.24) is 0 Å². The maximum atomic E-state index is 10.5. The average Bonchev–Trinajstić information content (AvgIpc) is 2.38. The molecule has 0 heterocycles. The van der Waals surface area contributed by atoms with Gasteiger partial charge >= 0.3 is 0 Å². The molecule has 2 N–H and O–H groups in total. The second kappa shape index (κ2) is 9.51. The fourth-order valence-corrected chi connectivity index (χ4v) is 2.26. The Morgan fingerprint density at radius 3 is 2.00 bits per heavy atom. The highest BCUT2D eigenvalue weighted by molar-refractivity contribution is 5.33. The SMILES string of the molecule is C=CC/C(CO)=C(\CC=C)C(O)CC(C(=C)C)=C(C)C. The fraction of sp³-hybridized carbons (Fsp3) is 0.444. The Kier molecular flexibility index (Phi) is 8.86. The molecule has 0 aromatic carbocycles. The molecule has 0 aliphatic carbocycles. The quantitative estimate of drug-likeness (QED) is 0.492. The highest BCUT2D eigenvalue weighted by atomic mass is 16.3. The van der Waals surface area contributed by atoms with E-state index in [1.807, 2.05) is 20.8 Å². The Balaban J connectivity index is 5.40. The molecular weight excluding hydrogens is 248 g/mol. The lowest BCUT2D eigenvalue weighted by Gasteiger charge is -2.20. The standard InChI is InChI=1S/C18H28O2/c1-7-9-15(12-19)16(10-8-2)18(20)11-17(13(3)4)14(5)6/h7-8,18-20H,1-3,9-12H2,4-6H3/b16-15-. The van der Waals surface area contributed by atoms with E-state index in [-0.39, 0.29) is 6.61 Å². The summed E-state index contributed by atoms with van der Waals surface area (Å²) in [6.45, 7) is 17.3. The summed E-state index contributed by atoms with van der Waals surface area (Å²) in [5.74, 6) is 0. The van der Waals surface area contributed by atoms with Gasteiger partial charge in [0, 0.05) is 6.42 Å². The zero-order valence-corrected chi connectivity index (χ0v) is 13.1. The van der Waals surface area contributed by atoms with Crippen LogP contribution in [0.25, 0.3) is 0 Å². The minimum absolute atomic E-state index is 0.0660. The van der Waals surface area contributed by atoms with Gasteiger partial charge in [0.05, 0.1) is 12.7 Å². The third-order valence-corrected chi connectivity index (χ3v) is 3.32. The summed E-state index contributed by atoms with van der Waals surface area (Å²) in [5, 5.41) is 20.0.